The quantitative estimate of drug-likeness (QED) is 0.362. The average Bonchev–Trinajstić information content (AvgIpc) is 2.78. The van der Waals surface area contributed by atoms with Gasteiger partial charge in [-0.2, -0.15) is 13.2 Å². The van der Waals surface area contributed by atoms with Crippen LogP contribution in [0.15, 0.2) is 59.5 Å². The second kappa shape index (κ2) is 10.8. The van der Waals surface area contributed by atoms with E-state index in [2.05, 4.69) is 4.98 Å². The van der Waals surface area contributed by atoms with Crippen molar-refractivity contribution in [2.75, 3.05) is 12.9 Å². The maximum Gasteiger partial charge on any atom is 0.434 e. The van der Waals surface area contributed by atoms with E-state index in [1.165, 1.54) is 42.5 Å². The number of halogens is 4. The van der Waals surface area contributed by atoms with E-state index >= 15 is 0 Å². The fourth-order valence-corrected chi connectivity index (χ4v) is 3.66. The lowest BCUT2D eigenvalue weighted by atomic mass is 9.93. The number of sulfone groups is 1. The highest BCUT2D eigenvalue weighted by Gasteiger charge is 2.38. The lowest BCUT2D eigenvalue weighted by Gasteiger charge is -2.19. The van der Waals surface area contributed by atoms with Gasteiger partial charge in [0.05, 0.1) is 11.5 Å². The molecule has 0 aliphatic carbocycles. The Balaban J connectivity index is 0.00000187. The molecule has 1 heterocycles. The van der Waals surface area contributed by atoms with Crippen molar-refractivity contribution in [3.8, 4) is 28.1 Å². The van der Waals surface area contributed by atoms with Crippen molar-refractivity contribution in [3.63, 3.8) is 0 Å². The molecular weight excluding hydrogens is 458 g/mol. The summed E-state index contributed by atoms with van der Waals surface area (Å²) in [6.45, 7) is 5.98. The van der Waals surface area contributed by atoms with Crippen molar-refractivity contribution in [3.05, 3.63) is 66.1 Å². The molecular formula is C24H25F4NO3S. The van der Waals surface area contributed by atoms with Crippen LogP contribution in [0.4, 0.5) is 17.6 Å². The number of nitrogens with zero attached hydrogens (tertiary/aromatic N) is 1. The predicted octanol–water partition coefficient (Wildman–Crippen LogP) is 6.79. The van der Waals surface area contributed by atoms with Crippen LogP contribution in [0.1, 0.15) is 32.9 Å². The highest BCUT2D eigenvalue weighted by Crippen LogP contribution is 2.43. The van der Waals surface area contributed by atoms with Crippen molar-refractivity contribution < 1.29 is 30.7 Å². The summed E-state index contributed by atoms with van der Waals surface area (Å²) in [6, 6.07) is 11.5. The Bertz CT molecular complexity index is 1170. The first-order chi connectivity index (χ1) is 15.5. The minimum atomic E-state index is -4.81. The Morgan fingerprint density at radius 3 is 1.97 bits per heavy atom. The van der Waals surface area contributed by atoms with Crippen LogP contribution in [0, 0.1) is 5.82 Å². The van der Waals surface area contributed by atoms with Crippen LogP contribution in [0.5, 0.6) is 5.88 Å². The summed E-state index contributed by atoms with van der Waals surface area (Å²) in [5.74, 6) is -0.797. The number of benzene rings is 2. The van der Waals surface area contributed by atoms with Gasteiger partial charge in [-0.25, -0.2) is 17.8 Å². The Kier molecular flexibility index (Phi) is 8.60. The number of aromatic nitrogens is 1. The lowest BCUT2D eigenvalue weighted by Crippen LogP contribution is -2.13. The number of alkyl halides is 3. The first-order valence-corrected chi connectivity index (χ1v) is 12.2. The van der Waals surface area contributed by atoms with Gasteiger partial charge in [0.15, 0.2) is 15.5 Å². The number of hydrogen-bond donors (Lipinski definition) is 0. The number of hydrogen-bond acceptors (Lipinski definition) is 4. The molecule has 0 fully saturated rings. The lowest BCUT2D eigenvalue weighted by molar-refractivity contribution is -0.140. The smallest absolute Gasteiger partial charge is 0.434 e. The van der Waals surface area contributed by atoms with Gasteiger partial charge in [-0.3, -0.25) is 0 Å². The highest BCUT2D eigenvalue weighted by molar-refractivity contribution is 7.90. The molecule has 2 aromatic carbocycles. The van der Waals surface area contributed by atoms with Crippen LogP contribution < -0.4 is 4.74 Å². The van der Waals surface area contributed by atoms with Crippen molar-refractivity contribution in [2.45, 2.75) is 38.3 Å². The molecule has 0 N–H and O–H groups in total. The Labute approximate surface area is 191 Å². The summed E-state index contributed by atoms with van der Waals surface area (Å²) >= 11 is 0. The van der Waals surface area contributed by atoms with Gasteiger partial charge in [0.1, 0.15) is 5.82 Å². The summed E-state index contributed by atoms with van der Waals surface area (Å²) in [7, 11) is -3.48. The molecule has 0 unspecified atom stereocenters. The summed E-state index contributed by atoms with van der Waals surface area (Å²) in [5, 5.41) is 0. The third-order valence-electron chi connectivity index (χ3n) is 4.44. The molecule has 9 heteroatoms. The molecule has 1 aromatic heterocycles. The Morgan fingerprint density at radius 1 is 0.939 bits per heavy atom. The zero-order valence-electron chi connectivity index (χ0n) is 18.7. The topological polar surface area (TPSA) is 56.3 Å². The fraction of sp³-hybridized carbons (Fsp3) is 0.292. The van der Waals surface area contributed by atoms with E-state index in [0.717, 1.165) is 18.4 Å². The summed E-state index contributed by atoms with van der Waals surface area (Å²) in [4.78, 5) is 3.72. The Morgan fingerprint density at radius 2 is 1.48 bits per heavy atom. The van der Waals surface area contributed by atoms with Gasteiger partial charge in [0, 0.05) is 17.9 Å². The molecule has 0 saturated heterocycles. The summed E-state index contributed by atoms with van der Waals surface area (Å²) in [5.41, 5.74) is -0.829. The van der Waals surface area contributed by atoms with Crippen LogP contribution >= 0.6 is 0 Å². The van der Waals surface area contributed by atoms with Crippen LogP contribution in [-0.4, -0.2) is 26.3 Å². The van der Waals surface area contributed by atoms with Gasteiger partial charge in [0.25, 0.3) is 0 Å². The number of ether oxygens (including phenoxy) is 1. The molecule has 0 saturated carbocycles. The maximum absolute atomic E-state index is 14.0. The maximum atomic E-state index is 14.0. The minimum absolute atomic E-state index is 0.0344. The van der Waals surface area contributed by atoms with E-state index in [9.17, 15) is 26.0 Å². The van der Waals surface area contributed by atoms with Crippen LogP contribution in [0.3, 0.4) is 0 Å². The van der Waals surface area contributed by atoms with Gasteiger partial charge in [-0.15, -0.1) is 0 Å². The molecule has 0 atom stereocenters. The Hall–Kier alpha value is -2.94. The van der Waals surface area contributed by atoms with Crippen LogP contribution in [0.25, 0.3) is 22.3 Å². The first-order valence-electron chi connectivity index (χ1n) is 10.3. The van der Waals surface area contributed by atoms with Gasteiger partial charge >= 0.3 is 6.18 Å². The van der Waals surface area contributed by atoms with Gasteiger partial charge in [0.2, 0.25) is 5.88 Å². The van der Waals surface area contributed by atoms with Crippen molar-refractivity contribution >= 4 is 9.84 Å². The van der Waals surface area contributed by atoms with Crippen molar-refractivity contribution in [1.82, 2.24) is 4.98 Å². The molecule has 0 spiro atoms. The van der Waals surface area contributed by atoms with Gasteiger partial charge in [-0.05, 0) is 47.4 Å². The first kappa shape index (κ1) is 26.3. The summed E-state index contributed by atoms with van der Waals surface area (Å²) in [6.07, 6.45) is -3.20. The minimum Gasteiger partial charge on any atom is -0.478 e. The zero-order chi connectivity index (χ0) is 24.8. The SMILES string of the molecule is CC.CCCOc1cc(-c2ccc(S(C)(=O)=O)cc2)c(-c2ccc(F)cc2)c(C(F)(F)F)n1. The molecule has 3 aromatic rings. The standard InChI is InChI=1S/C22H19F4NO3S.C2H6/c1-3-12-30-19-13-18(14-6-10-17(11-7-14)31(2,28)29)20(21(27-19)22(24,25)26)15-4-8-16(23)9-5-15;1-2/h4-11,13H,3,12H2,1-2H3;1-2H3. The second-order valence-corrected chi connectivity index (χ2v) is 8.90. The van der Waals surface area contributed by atoms with E-state index in [-0.39, 0.29) is 34.1 Å². The van der Waals surface area contributed by atoms with Crippen molar-refractivity contribution in [1.29, 1.82) is 0 Å². The monoisotopic (exact) mass is 483 g/mol. The molecule has 33 heavy (non-hydrogen) atoms. The third kappa shape index (κ3) is 6.54. The third-order valence-corrected chi connectivity index (χ3v) is 5.57. The fourth-order valence-electron chi connectivity index (χ4n) is 3.03. The van der Waals surface area contributed by atoms with Crippen molar-refractivity contribution in [2.24, 2.45) is 0 Å². The molecule has 0 amide bonds. The molecule has 0 aliphatic rings. The van der Waals surface area contributed by atoms with E-state index in [0.29, 0.717) is 12.0 Å². The van der Waals surface area contributed by atoms with E-state index < -0.39 is 27.5 Å². The number of pyridine rings is 1. The van der Waals surface area contributed by atoms with Gasteiger partial charge < -0.3 is 4.74 Å². The second-order valence-electron chi connectivity index (χ2n) is 6.88. The van der Waals surface area contributed by atoms with Crippen LogP contribution in [-0.2, 0) is 16.0 Å². The number of rotatable bonds is 6. The largest absolute Gasteiger partial charge is 0.478 e. The van der Waals surface area contributed by atoms with E-state index in [4.69, 9.17) is 4.74 Å². The van der Waals surface area contributed by atoms with Gasteiger partial charge in [-0.1, -0.05) is 45.0 Å². The van der Waals surface area contributed by atoms with Crippen LogP contribution in [0.2, 0.25) is 0 Å². The molecule has 0 aliphatic heterocycles. The molecule has 4 nitrogen and oxygen atoms in total. The van der Waals surface area contributed by atoms with E-state index in [1.807, 2.05) is 20.8 Å². The molecule has 0 bridgehead atoms. The zero-order valence-corrected chi connectivity index (χ0v) is 19.5. The normalized spacial score (nSPS) is 11.5. The molecule has 0 radical (unpaired) electrons. The highest BCUT2D eigenvalue weighted by atomic mass is 32.2. The molecule has 3 rings (SSSR count). The van der Waals surface area contributed by atoms with E-state index in [1.54, 1.807) is 0 Å². The summed E-state index contributed by atoms with van der Waals surface area (Å²) < 4.78 is 84.1. The average molecular weight is 484 g/mol. The predicted molar refractivity (Wildman–Crippen MR) is 120 cm³/mol. The molecule has 178 valence electrons.